The first kappa shape index (κ1) is 12.7. The number of amidine groups is 1. The van der Waals surface area contributed by atoms with Crippen LogP contribution in [0.4, 0.5) is 26.1 Å². The van der Waals surface area contributed by atoms with Crippen molar-refractivity contribution in [3.63, 3.8) is 0 Å². The number of pyridine rings is 1. The molecule has 0 aliphatic rings. The smallest absolute Gasteiger partial charge is 0.149 e. The Balaban J connectivity index is 2.29. The molecule has 6 N–H and O–H groups in total. The van der Waals surface area contributed by atoms with Crippen molar-refractivity contribution in [2.75, 3.05) is 11.1 Å². The molecular weight excluding hydrogens is 252 g/mol. The molecule has 5 nitrogen and oxygen atoms in total. The van der Waals surface area contributed by atoms with E-state index in [0.717, 1.165) is 12.1 Å². The van der Waals surface area contributed by atoms with Crippen molar-refractivity contribution in [2.24, 2.45) is 5.73 Å². The van der Waals surface area contributed by atoms with E-state index in [1.54, 1.807) is 0 Å². The lowest BCUT2D eigenvalue weighted by atomic mass is 10.2. The van der Waals surface area contributed by atoms with Gasteiger partial charge in [-0.15, -0.1) is 0 Å². The third-order valence-electron chi connectivity index (χ3n) is 2.41. The predicted octanol–water partition coefficient (Wildman–Crippen LogP) is 1.97. The van der Waals surface area contributed by atoms with Crippen molar-refractivity contribution in [3.8, 4) is 0 Å². The Kier molecular flexibility index (Phi) is 3.28. The maximum atomic E-state index is 13.4. The van der Waals surface area contributed by atoms with Crippen LogP contribution < -0.4 is 16.8 Å². The Morgan fingerprint density at radius 2 is 1.95 bits per heavy atom. The molecule has 0 aliphatic heterocycles. The Morgan fingerprint density at radius 3 is 2.53 bits per heavy atom. The Labute approximate surface area is 107 Å². The average molecular weight is 263 g/mol. The van der Waals surface area contributed by atoms with E-state index >= 15 is 0 Å². The van der Waals surface area contributed by atoms with Gasteiger partial charge in [-0.25, -0.2) is 13.8 Å². The summed E-state index contributed by atoms with van der Waals surface area (Å²) in [4.78, 5) is 3.94. The van der Waals surface area contributed by atoms with E-state index in [2.05, 4.69) is 10.3 Å². The molecule has 0 spiro atoms. The van der Waals surface area contributed by atoms with E-state index < -0.39 is 11.6 Å². The molecule has 0 fully saturated rings. The molecular formula is C12H11F2N5. The fraction of sp³-hybridized carbons (Fsp3) is 0. The summed E-state index contributed by atoms with van der Waals surface area (Å²) >= 11 is 0. The van der Waals surface area contributed by atoms with Gasteiger partial charge in [0.05, 0.1) is 11.3 Å². The van der Waals surface area contributed by atoms with E-state index in [1.165, 1.54) is 18.2 Å². The summed E-state index contributed by atoms with van der Waals surface area (Å²) in [5.41, 5.74) is 11.3. The van der Waals surface area contributed by atoms with E-state index in [-0.39, 0.29) is 23.2 Å². The van der Waals surface area contributed by atoms with Gasteiger partial charge < -0.3 is 16.8 Å². The molecule has 0 bridgehead atoms. The fourth-order valence-corrected chi connectivity index (χ4v) is 1.50. The number of rotatable bonds is 3. The summed E-state index contributed by atoms with van der Waals surface area (Å²) in [7, 11) is 0. The molecule has 2 rings (SSSR count). The molecule has 7 heteroatoms. The van der Waals surface area contributed by atoms with Gasteiger partial charge in [0.15, 0.2) is 0 Å². The molecule has 98 valence electrons. The zero-order chi connectivity index (χ0) is 14.0. The van der Waals surface area contributed by atoms with Gasteiger partial charge in [0.2, 0.25) is 0 Å². The van der Waals surface area contributed by atoms with Gasteiger partial charge in [-0.3, -0.25) is 5.41 Å². The molecule has 0 unspecified atom stereocenters. The number of benzene rings is 1. The first-order valence-corrected chi connectivity index (χ1v) is 5.30. The highest BCUT2D eigenvalue weighted by Gasteiger charge is 2.08. The zero-order valence-corrected chi connectivity index (χ0v) is 9.74. The molecule has 0 atom stereocenters. The summed E-state index contributed by atoms with van der Waals surface area (Å²) in [5.74, 6) is -1.28. The molecule has 1 heterocycles. The number of hydrogen-bond donors (Lipinski definition) is 4. The summed E-state index contributed by atoms with van der Waals surface area (Å²) in [6.07, 6.45) is 0. The number of halogens is 2. The number of nitrogens with zero attached hydrogens (tertiary/aromatic N) is 1. The second-order valence-electron chi connectivity index (χ2n) is 3.79. The highest BCUT2D eigenvalue weighted by molar-refractivity contribution is 5.99. The monoisotopic (exact) mass is 263 g/mol. The van der Waals surface area contributed by atoms with Crippen molar-refractivity contribution < 1.29 is 8.78 Å². The lowest BCUT2D eigenvalue weighted by molar-refractivity contribution is 0.586. The fourth-order valence-electron chi connectivity index (χ4n) is 1.50. The number of aromatic nitrogens is 1. The van der Waals surface area contributed by atoms with Gasteiger partial charge in [-0.2, -0.15) is 0 Å². The number of anilines is 3. The molecule has 1 aromatic carbocycles. The summed E-state index contributed by atoms with van der Waals surface area (Å²) in [6, 6.07) is 6.13. The maximum Gasteiger partial charge on any atom is 0.149 e. The Bertz CT molecular complexity index is 642. The van der Waals surface area contributed by atoms with Crippen LogP contribution in [0, 0.1) is 17.0 Å². The van der Waals surface area contributed by atoms with Gasteiger partial charge in [0.1, 0.15) is 29.1 Å². The minimum Gasteiger partial charge on any atom is -0.384 e. The average Bonchev–Trinajstić information content (AvgIpc) is 2.32. The van der Waals surface area contributed by atoms with Crippen LogP contribution in [0.2, 0.25) is 0 Å². The van der Waals surface area contributed by atoms with E-state index in [9.17, 15) is 8.78 Å². The van der Waals surface area contributed by atoms with Crippen molar-refractivity contribution in [1.29, 1.82) is 5.41 Å². The number of nitrogen functional groups attached to an aromatic ring is 2. The van der Waals surface area contributed by atoms with Crippen LogP contribution in [0.25, 0.3) is 0 Å². The van der Waals surface area contributed by atoms with Crippen LogP contribution in [-0.2, 0) is 0 Å². The van der Waals surface area contributed by atoms with Crippen molar-refractivity contribution in [3.05, 3.63) is 47.5 Å². The summed E-state index contributed by atoms with van der Waals surface area (Å²) < 4.78 is 26.2. The van der Waals surface area contributed by atoms with Crippen molar-refractivity contribution in [1.82, 2.24) is 4.98 Å². The van der Waals surface area contributed by atoms with Gasteiger partial charge in [-0.05, 0) is 24.3 Å². The van der Waals surface area contributed by atoms with Crippen molar-refractivity contribution >= 4 is 23.2 Å². The lowest BCUT2D eigenvalue weighted by Gasteiger charge is -2.09. The largest absolute Gasteiger partial charge is 0.384 e. The van der Waals surface area contributed by atoms with Crippen LogP contribution in [0.3, 0.4) is 0 Å². The molecule has 19 heavy (non-hydrogen) atoms. The van der Waals surface area contributed by atoms with Crippen LogP contribution in [0.15, 0.2) is 30.3 Å². The normalized spacial score (nSPS) is 10.2. The summed E-state index contributed by atoms with van der Waals surface area (Å²) in [6.45, 7) is 0. The number of nitrogens with two attached hydrogens (primary N) is 2. The first-order chi connectivity index (χ1) is 8.97. The molecule has 0 aliphatic carbocycles. The predicted molar refractivity (Wildman–Crippen MR) is 69.3 cm³/mol. The SMILES string of the molecule is N=C(N)c1ccc(Nc2ccc(F)cc2F)nc1N. The van der Waals surface area contributed by atoms with Crippen LogP contribution in [-0.4, -0.2) is 10.8 Å². The first-order valence-electron chi connectivity index (χ1n) is 5.30. The Hall–Kier alpha value is -2.70. The molecule has 0 saturated carbocycles. The van der Waals surface area contributed by atoms with E-state index in [1.807, 2.05) is 0 Å². The molecule has 0 saturated heterocycles. The van der Waals surface area contributed by atoms with Gasteiger partial charge >= 0.3 is 0 Å². The molecule has 2 aromatic rings. The van der Waals surface area contributed by atoms with Gasteiger partial charge in [-0.1, -0.05) is 0 Å². The van der Waals surface area contributed by atoms with Crippen LogP contribution in [0.5, 0.6) is 0 Å². The standard InChI is InChI=1S/C12H11F2N5/c13-6-1-3-9(8(14)5-6)18-10-4-2-7(11(15)16)12(17)19-10/h1-5H,(H3,15,16)(H3,17,18,19). The molecule has 0 radical (unpaired) electrons. The molecule has 0 amide bonds. The maximum absolute atomic E-state index is 13.4. The van der Waals surface area contributed by atoms with Gasteiger partial charge in [0, 0.05) is 6.07 Å². The van der Waals surface area contributed by atoms with E-state index in [0.29, 0.717) is 5.56 Å². The highest BCUT2D eigenvalue weighted by atomic mass is 19.1. The quantitative estimate of drug-likeness (QED) is 0.502. The minimum absolute atomic E-state index is 0.0556. The van der Waals surface area contributed by atoms with Crippen LogP contribution >= 0.6 is 0 Å². The zero-order valence-electron chi connectivity index (χ0n) is 9.74. The number of hydrogen-bond acceptors (Lipinski definition) is 4. The lowest BCUT2D eigenvalue weighted by Crippen LogP contribution is -2.14. The van der Waals surface area contributed by atoms with E-state index in [4.69, 9.17) is 16.9 Å². The van der Waals surface area contributed by atoms with Gasteiger partial charge in [0.25, 0.3) is 0 Å². The third kappa shape index (κ3) is 2.76. The highest BCUT2D eigenvalue weighted by Crippen LogP contribution is 2.21. The Morgan fingerprint density at radius 1 is 1.21 bits per heavy atom. The number of nitrogens with one attached hydrogen (secondary N) is 2. The second kappa shape index (κ2) is 4.89. The minimum atomic E-state index is -0.740. The summed E-state index contributed by atoms with van der Waals surface area (Å²) in [5, 5.41) is 9.92. The third-order valence-corrected chi connectivity index (χ3v) is 2.41. The second-order valence-corrected chi connectivity index (χ2v) is 3.79. The topological polar surface area (TPSA) is 101 Å². The van der Waals surface area contributed by atoms with Crippen molar-refractivity contribution in [2.45, 2.75) is 0 Å². The molecule has 1 aromatic heterocycles. The van der Waals surface area contributed by atoms with Crippen LogP contribution in [0.1, 0.15) is 5.56 Å².